The van der Waals surface area contributed by atoms with Crippen molar-refractivity contribution in [2.45, 2.75) is 59.1 Å². The van der Waals surface area contributed by atoms with Gasteiger partial charge in [-0.05, 0) is 39.2 Å². The van der Waals surface area contributed by atoms with Gasteiger partial charge in [-0.15, -0.1) is 0 Å². The van der Waals surface area contributed by atoms with Crippen molar-refractivity contribution in [1.29, 1.82) is 0 Å². The number of hydrogen-bond acceptors (Lipinski definition) is 8. The Kier molecular flexibility index (Phi) is 6.32. The van der Waals surface area contributed by atoms with Gasteiger partial charge in [-0.2, -0.15) is 5.10 Å². The Morgan fingerprint density at radius 2 is 2.00 bits per heavy atom. The summed E-state index contributed by atoms with van der Waals surface area (Å²) in [7, 11) is -3.08. The fourth-order valence-corrected chi connectivity index (χ4v) is 5.82. The van der Waals surface area contributed by atoms with Crippen LogP contribution in [0.3, 0.4) is 0 Å². The molecule has 1 saturated heterocycles. The summed E-state index contributed by atoms with van der Waals surface area (Å²) in [6.07, 6.45) is 0.229. The minimum Gasteiger partial charge on any atom is -0.459 e. The van der Waals surface area contributed by atoms with E-state index < -0.39 is 21.7 Å². The van der Waals surface area contributed by atoms with Gasteiger partial charge in [0.1, 0.15) is 4.88 Å². The van der Waals surface area contributed by atoms with Gasteiger partial charge in [0.15, 0.2) is 20.7 Å². The van der Waals surface area contributed by atoms with Crippen molar-refractivity contribution in [3.05, 3.63) is 28.0 Å². The Labute approximate surface area is 179 Å². The summed E-state index contributed by atoms with van der Waals surface area (Å²) in [5.41, 5.74) is 1.46. The molecule has 0 aromatic carbocycles. The van der Waals surface area contributed by atoms with Gasteiger partial charge < -0.3 is 4.74 Å². The number of rotatable bonds is 6. The molecule has 164 valence electrons. The van der Waals surface area contributed by atoms with Gasteiger partial charge in [0.25, 0.3) is 5.91 Å². The quantitative estimate of drug-likeness (QED) is 0.666. The standard InChI is InChI=1S/C19H26N4O5S2/c1-10(2)15-8-14(22-23(15)13-6-7-30(26,27)9-13)17(24)21-19-20-12(5)16(29-19)18(25)28-11(3)4/h8,10-11,13H,6-7,9H2,1-5H3,(H,20,21,24). The van der Waals surface area contributed by atoms with Crippen molar-refractivity contribution in [2.75, 3.05) is 16.8 Å². The summed E-state index contributed by atoms with van der Waals surface area (Å²) in [4.78, 5) is 29.5. The summed E-state index contributed by atoms with van der Waals surface area (Å²) in [5.74, 6) is -0.711. The number of carbonyl (C=O) groups is 2. The lowest BCUT2D eigenvalue weighted by Gasteiger charge is -2.15. The number of aromatic nitrogens is 3. The van der Waals surface area contributed by atoms with Crippen LogP contribution in [-0.2, 0) is 14.6 Å². The lowest BCUT2D eigenvalue weighted by molar-refractivity contribution is 0.0382. The van der Waals surface area contributed by atoms with Crippen LogP contribution < -0.4 is 5.32 Å². The first-order valence-corrected chi connectivity index (χ1v) is 12.4. The molecule has 0 bridgehead atoms. The van der Waals surface area contributed by atoms with Crippen molar-refractivity contribution < 1.29 is 22.7 Å². The zero-order valence-corrected chi connectivity index (χ0v) is 19.3. The van der Waals surface area contributed by atoms with Gasteiger partial charge >= 0.3 is 5.97 Å². The number of nitrogens with one attached hydrogen (secondary N) is 1. The van der Waals surface area contributed by atoms with E-state index in [2.05, 4.69) is 15.4 Å². The minimum atomic E-state index is -3.08. The van der Waals surface area contributed by atoms with Crippen LogP contribution in [0, 0.1) is 6.92 Å². The van der Waals surface area contributed by atoms with Crippen LogP contribution in [0.15, 0.2) is 6.07 Å². The molecule has 0 radical (unpaired) electrons. The van der Waals surface area contributed by atoms with Crippen LogP contribution in [0.1, 0.15) is 77.6 Å². The SMILES string of the molecule is Cc1nc(NC(=O)c2cc(C(C)C)n(C3CCS(=O)(=O)C3)n2)sc1C(=O)OC(C)C. The molecule has 0 spiro atoms. The van der Waals surface area contributed by atoms with E-state index in [1.54, 1.807) is 31.5 Å². The smallest absolute Gasteiger partial charge is 0.350 e. The molecule has 1 fully saturated rings. The number of thiazole rings is 1. The van der Waals surface area contributed by atoms with E-state index in [9.17, 15) is 18.0 Å². The molecule has 30 heavy (non-hydrogen) atoms. The third-order valence-electron chi connectivity index (χ3n) is 4.69. The molecule has 3 rings (SSSR count). The van der Waals surface area contributed by atoms with E-state index >= 15 is 0 Å². The monoisotopic (exact) mass is 454 g/mol. The summed E-state index contributed by atoms with van der Waals surface area (Å²) in [6, 6.07) is 1.41. The Bertz CT molecular complexity index is 1070. The number of ether oxygens (including phenoxy) is 1. The normalized spacial score (nSPS) is 18.2. The molecule has 0 saturated carbocycles. The second-order valence-electron chi connectivity index (χ2n) is 7.95. The number of anilines is 1. The third kappa shape index (κ3) is 4.89. The molecule has 9 nitrogen and oxygen atoms in total. The van der Waals surface area contributed by atoms with Crippen LogP contribution >= 0.6 is 11.3 Å². The highest BCUT2D eigenvalue weighted by Gasteiger charge is 2.32. The van der Waals surface area contributed by atoms with E-state index in [1.807, 2.05) is 13.8 Å². The van der Waals surface area contributed by atoms with Gasteiger partial charge in [0.2, 0.25) is 0 Å². The van der Waals surface area contributed by atoms with Crippen LogP contribution in [-0.4, -0.2) is 52.7 Å². The summed E-state index contributed by atoms with van der Waals surface area (Å²) in [6.45, 7) is 9.13. The molecule has 1 N–H and O–H groups in total. The van der Waals surface area contributed by atoms with E-state index in [-0.39, 0.29) is 40.4 Å². The number of aryl methyl sites for hydroxylation is 1. The van der Waals surface area contributed by atoms with Crippen LogP contribution in [0.25, 0.3) is 0 Å². The first kappa shape index (κ1) is 22.4. The largest absolute Gasteiger partial charge is 0.459 e. The van der Waals surface area contributed by atoms with Gasteiger partial charge in [-0.3, -0.25) is 14.8 Å². The second-order valence-corrected chi connectivity index (χ2v) is 11.2. The number of hydrogen-bond donors (Lipinski definition) is 1. The molecular weight excluding hydrogens is 428 g/mol. The third-order valence-corrected chi connectivity index (χ3v) is 7.49. The zero-order chi connectivity index (χ0) is 22.2. The average molecular weight is 455 g/mol. The highest BCUT2D eigenvalue weighted by molar-refractivity contribution is 7.91. The maximum Gasteiger partial charge on any atom is 0.350 e. The molecule has 1 aliphatic heterocycles. The molecule has 1 aliphatic rings. The summed E-state index contributed by atoms with van der Waals surface area (Å²) >= 11 is 1.04. The Balaban J connectivity index is 1.81. The van der Waals surface area contributed by atoms with E-state index in [0.29, 0.717) is 17.0 Å². The number of sulfone groups is 1. The van der Waals surface area contributed by atoms with E-state index in [0.717, 1.165) is 17.0 Å². The molecule has 0 aliphatic carbocycles. The van der Waals surface area contributed by atoms with Crippen molar-refractivity contribution in [3.63, 3.8) is 0 Å². The van der Waals surface area contributed by atoms with Crippen LogP contribution in [0.5, 0.6) is 0 Å². The van der Waals surface area contributed by atoms with Gasteiger partial charge in [-0.1, -0.05) is 25.2 Å². The van der Waals surface area contributed by atoms with Crippen LogP contribution in [0.4, 0.5) is 5.13 Å². The number of esters is 1. The topological polar surface area (TPSA) is 120 Å². The average Bonchev–Trinajstić information content (AvgIpc) is 3.30. The molecule has 3 heterocycles. The molecular formula is C19H26N4O5S2. The lowest BCUT2D eigenvalue weighted by Crippen LogP contribution is -2.17. The molecule has 2 aromatic rings. The van der Waals surface area contributed by atoms with Gasteiger partial charge in [0, 0.05) is 5.69 Å². The number of carbonyl (C=O) groups excluding carboxylic acids is 2. The zero-order valence-electron chi connectivity index (χ0n) is 17.6. The molecule has 11 heteroatoms. The predicted octanol–water partition coefficient (Wildman–Crippen LogP) is 2.95. The molecule has 1 amide bonds. The van der Waals surface area contributed by atoms with Crippen molar-refractivity contribution in [3.8, 4) is 0 Å². The molecule has 1 atom stereocenters. The van der Waals surface area contributed by atoms with Crippen molar-refractivity contribution in [2.24, 2.45) is 0 Å². The molecule has 1 unspecified atom stereocenters. The van der Waals surface area contributed by atoms with Crippen LogP contribution in [0.2, 0.25) is 0 Å². The fraction of sp³-hybridized carbons (Fsp3) is 0.579. The Morgan fingerprint density at radius 1 is 1.30 bits per heavy atom. The van der Waals surface area contributed by atoms with Gasteiger partial charge in [-0.25, -0.2) is 18.2 Å². The summed E-state index contributed by atoms with van der Waals surface area (Å²) in [5, 5.41) is 7.36. The highest BCUT2D eigenvalue weighted by atomic mass is 32.2. The number of nitrogens with zero attached hydrogens (tertiary/aromatic N) is 3. The maximum atomic E-state index is 12.8. The van der Waals surface area contributed by atoms with Crippen molar-refractivity contribution in [1.82, 2.24) is 14.8 Å². The Hall–Kier alpha value is -2.27. The van der Waals surface area contributed by atoms with Crippen molar-refractivity contribution >= 4 is 38.2 Å². The number of amides is 1. The fourth-order valence-electron chi connectivity index (χ4n) is 3.28. The van der Waals surface area contributed by atoms with E-state index in [1.165, 1.54) is 0 Å². The van der Waals surface area contributed by atoms with E-state index in [4.69, 9.17) is 4.74 Å². The minimum absolute atomic E-state index is 0.0302. The lowest BCUT2D eigenvalue weighted by atomic mass is 10.1. The molecule has 2 aromatic heterocycles. The maximum absolute atomic E-state index is 12.8. The first-order valence-electron chi connectivity index (χ1n) is 9.76. The Morgan fingerprint density at radius 3 is 2.57 bits per heavy atom. The second kappa shape index (κ2) is 8.46. The predicted molar refractivity (Wildman–Crippen MR) is 114 cm³/mol. The summed E-state index contributed by atoms with van der Waals surface area (Å²) < 4.78 is 30.6. The van der Waals surface area contributed by atoms with Gasteiger partial charge in [0.05, 0.1) is 29.3 Å². The highest BCUT2D eigenvalue weighted by Crippen LogP contribution is 2.29. The first-order chi connectivity index (χ1) is 14.0.